The second kappa shape index (κ2) is 8.66. The van der Waals surface area contributed by atoms with Crippen LogP contribution in [0.1, 0.15) is 56.2 Å². The van der Waals surface area contributed by atoms with Crippen molar-refractivity contribution in [3.05, 3.63) is 95.6 Å². The Morgan fingerprint density at radius 2 is 1.07 bits per heavy atom. The largest absolute Gasteiger partial charge is 0.508 e. The Kier molecular flexibility index (Phi) is 6.21. The summed E-state index contributed by atoms with van der Waals surface area (Å²) in [7, 11) is 0. The molecule has 3 aromatic rings. The minimum Gasteiger partial charge on any atom is -0.508 e. The zero-order valence-electron chi connectivity index (χ0n) is 18.0. The van der Waals surface area contributed by atoms with Crippen LogP contribution >= 0.6 is 0 Å². The molecule has 3 rings (SSSR count). The topological polar surface area (TPSA) is 60.7 Å². The summed E-state index contributed by atoms with van der Waals surface area (Å²) >= 11 is 0. The van der Waals surface area contributed by atoms with Gasteiger partial charge in [-0.05, 0) is 75.9 Å². The number of phenols is 3. The van der Waals surface area contributed by atoms with Crippen LogP contribution in [0.25, 0.3) is 5.57 Å². The number of hydrogen-bond donors (Lipinski definition) is 3. The summed E-state index contributed by atoms with van der Waals surface area (Å²) in [4.78, 5) is 0. The number of allylic oxidation sites excluding steroid dienone is 2. The molecule has 0 saturated heterocycles. The number of hydrogen-bond acceptors (Lipinski definition) is 3. The lowest BCUT2D eigenvalue weighted by Crippen LogP contribution is -2.22. The van der Waals surface area contributed by atoms with Gasteiger partial charge in [0.15, 0.2) is 0 Å². The molecule has 156 valence electrons. The SMILES string of the molecule is CC(C=C(c1ccc(O)cc1)C(C)(C)C(C)c1ccc(O)cc1)c1ccc(O)cc1. The minimum atomic E-state index is -0.223. The Balaban J connectivity index is 2.06. The average molecular weight is 403 g/mol. The number of rotatable bonds is 6. The predicted molar refractivity (Wildman–Crippen MR) is 123 cm³/mol. The van der Waals surface area contributed by atoms with E-state index < -0.39 is 0 Å². The second-order valence-corrected chi connectivity index (χ2v) is 8.54. The molecular formula is C27H30O3. The maximum absolute atomic E-state index is 9.77. The van der Waals surface area contributed by atoms with Gasteiger partial charge in [-0.25, -0.2) is 0 Å². The maximum Gasteiger partial charge on any atom is 0.115 e. The molecule has 0 radical (unpaired) electrons. The van der Waals surface area contributed by atoms with Gasteiger partial charge in [-0.1, -0.05) is 70.2 Å². The molecular weight excluding hydrogens is 372 g/mol. The van der Waals surface area contributed by atoms with Crippen molar-refractivity contribution in [2.24, 2.45) is 5.41 Å². The van der Waals surface area contributed by atoms with E-state index in [1.807, 2.05) is 36.4 Å². The third-order valence-electron chi connectivity index (χ3n) is 6.18. The van der Waals surface area contributed by atoms with Crippen LogP contribution in [0, 0.1) is 5.41 Å². The zero-order chi connectivity index (χ0) is 21.9. The van der Waals surface area contributed by atoms with E-state index >= 15 is 0 Å². The second-order valence-electron chi connectivity index (χ2n) is 8.54. The van der Waals surface area contributed by atoms with E-state index in [0.29, 0.717) is 0 Å². The molecule has 0 aliphatic rings. The fraction of sp³-hybridized carbons (Fsp3) is 0.259. The normalized spacial score (nSPS) is 14.3. The van der Waals surface area contributed by atoms with Crippen molar-refractivity contribution in [2.45, 2.75) is 39.5 Å². The summed E-state index contributed by atoms with van der Waals surface area (Å²) in [5.41, 5.74) is 4.30. The molecule has 2 atom stereocenters. The molecule has 0 amide bonds. The molecule has 0 saturated carbocycles. The van der Waals surface area contributed by atoms with E-state index in [1.165, 1.54) is 5.57 Å². The van der Waals surface area contributed by atoms with Gasteiger partial charge in [-0.15, -0.1) is 0 Å². The zero-order valence-corrected chi connectivity index (χ0v) is 18.0. The molecule has 3 N–H and O–H groups in total. The van der Waals surface area contributed by atoms with Crippen LogP contribution < -0.4 is 0 Å². The molecule has 0 aliphatic heterocycles. The van der Waals surface area contributed by atoms with Crippen molar-refractivity contribution in [1.82, 2.24) is 0 Å². The summed E-state index contributed by atoms with van der Waals surface area (Å²) < 4.78 is 0. The third kappa shape index (κ3) is 4.68. The molecule has 0 spiro atoms. The average Bonchev–Trinajstić information content (AvgIpc) is 2.73. The Morgan fingerprint density at radius 1 is 0.667 bits per heavy atom. The summed E-state index contributed by atoms with van der Waals surface area (Å²) in [5, 5.41) is 29.1. The summed E-state index contributed by atoms with van der Waals surface area (Å²) in [6, 6.07) is 22.1. The number of phenolic OH excluding ortho intramolecular Hbond substituents is 3. The minimum absolute atomic E-state index is 0.140. The van der Waals surface area contributed by atoms with Crippen molar-refractivity contribution in [1.29, 1.82) is 0 Å². The summed E-state index contributed by atoms with van der Waals surface area (Å²) in [6.45, 7) is 8.81. The molecule has 0 aliphatic carbocycles. The quantitative estimate of drug-likeness (QED) is 0.424. The van der Waals surface area contributed by atoms with E-state index in [-0.39, 0.29) is 34.5 Å². The molecule has 30 heavy (non-hydrogen) atoms. The lowest BCUT2D eigenvalue weighted by atomic mass is 9.68. The third-order valence-corrected chi connectivity index (χ3v) is 6.18. The van der Waals surface area contributed by atoms with Gasteiger partial charge in [0.1, 0.15) is 17.2 Å². The van der Waals surface area contributed by atoms with Crippen LogP contribution in [0.5, 0.6) is 17.2 Å². The first kappa shape index (κ1) is 21.5. The van der Waals surface area contributed by atoms with Gasteiger partial charge in [-0.3, -0.25) is 0 Å². The van der Waals surface area contributed by atoms with Crippen molar-refractivity contribution in [3.63, 3.8) is 0 Å². The van der Waals surface area contributed by atoms with Crippen molar-refractivity contribution >= 4 is 5.57 Å². The van der Waals surface area contributed by atoms with E-state index in [2.05, 4.69) is 33.8 Å². The van der Waals surface area contributed by atoms with E-state index in [0.717, 1.165) is 16.7 Å². The van der Waals surface area contributed by atoms with Gasteiger partial charge in [0, 0.05) is 0 Å². The Labute approximate surface area is 179 Å². The molecule has 0 bridgehead atoms. The highest BCUT2D eigenvalue weighted by molar-refractivity contribution is 5.72. The molecule has 3 aromatic carbocycles. The first-order valence-corrected chi connectivity index (χ1v) is 10.3. The summed E-state index contributed by atoms with van der Waals surface area (Å²) in [6.07, 6.45) is 2.27. The highest BCUT2D eigenvalue weighted by atomic mass is 16.3. The lowest BCUT2D eigenvalue weighted by molar-refractivity contribution is 0.410. The monoisotopic (exact) mass is 402 g/mol. The van der Waals surface area contributed by atoms with E-state index in [9.17, 15) is 15.3 Å². The van der Waals surface area contributed by atoms with Crippen LogP contribution in [0.2, 0.25) is 0 Å². The van der Waals surface area contributed by atoms with Crippen molar-refractivity contribution in [2.75, 3.05) is 0 Å². The van der Waals surface area contributed by atoms with E-state index in [4.69, 9.17) is 0 Å². The maximum atomic E-state index is 9.77. The molecule has 3 nitrogen and oxygen atoms in total. The van der Waals surface area contributed by atoms with Crippen LogP contribution in [-0.2, 0) is 0 Å². The number of benzene rings is 3. The standard InChI is InChI=1S/C27H30O3/c1-18(20-5-11-23(28)12-6-20)17-26(22-9-15-25(30)16-10-22)27(3,4)19(2)21-7-13-24(29)14-8-21/h5-19,28-30H,1-4H3. The molecule has 3 heteroatoms. The summed E-state index contributed by atoms with van der Waals surface area (Å²) in [5.74, 6) is 1.09. The predicted octanol–water partition coefficient (Wildman–Crippen LogP) is 6.82. The lowest BCUT2D eigenvalue weighted by Gasteiger charge is -2.36. The number of aromatic hydroxyl groups is 3. The first-order chi connectivity index (χ1) is 14.2. The van der Waals surface area contributed by atoms with Crippen molar-refractivity contribution < 1.29 is 15.3 Å². The van der Waals surface area contributed by atoms with Crippen LogP contribution in [0.3, 0.4) is 0 Å². The van der Waals surface area contributed by atoms with Crippen LogP contribution in [0.4, 0.5) is 0 Å². The fourth-order valence-electron chi connectivity index (χ4n) is 3.86. The van der Waals surface area contributed by atoms with Gasteiger partial charge in [0.2, 0.25) is 0 Å². The van der Waals surface area contributed by atoms with Gasteiger partial charge in [-0.2, -0.15) is 0 Å². The van der Waals surface area contributed by atoms with Gasteiger partial charge >= 0.3 is 0 Å². The van der Waals surface area contributed by atoms with Crippen LogP contribution in [0.15, 0.2) is 78.9 Å². The van der Waals surface area contributed by atoms with Gasteiger partial charge in [0.25, 0.3) is 0 Å². The Hall–Kier alpha value is -3.20. The smallest absolute Gasteiger partial charge is 0.115 e. The highest BCUT2D eigenvalue weighted by Crippen LogP contribution is 2.47. The Bertz CT molecular complexity index is 997. The van der Waals surface area contributed by atoms with Gasteiger partial charge < -0.3 is 15.3 Å². The highest BCUT2D eigenvalue weighted by Gasteiger charge is 2.32. The molecule has 0 aromatic heterocycles. The Morgan fingerprint density at radius 3 is 1.53 bits per heavy atom. The molecule has 2 unspecified atom stereocenters. The fourth-order valence-corrected chi connectivity index (χ4v) is 3.86. The van der Waals surface area contributed by atoms with Crippen LogP contribution in [-0.4, -0.2) is 15.3 Å². The van der Waals surface area contributed by atoms with Crippen molar-refractivity contribution in [3.8, 4) is 17.2 Å². The molecule has 0 fully saturated rings. The molecule has 0 heterocycles. The first-order valence-electron chi connectivity index (χ1n) is 10.3. The van der Waals surface area contributed by atoms with E-state index in [1.54, 1.807) is 36.4 Å². The van der Waals surface area contributed by atoms with Gasteiger partial charge in [0.05, 0.1) is 0 Å².